The molecule has 0 aromatic heterocycles. The Morgan fingerprint density at radius 3 is 2.30 bits per heavy atom. The van der Waals surface area contributed by atoms with Gasteiger partial charge in [-0.2, -0.15) is 0 Å². The fraction of sp³-hybridized carbons (Fsp3) is 0.438. The molecule has 0 fully saturated rings. The molecule has 1 aromatic rings. The first-order chi connectivity index (χ1) is 9.20. The predicted molar refractivity (Wildman–Crippen MR) is 79.4 cm³/mol. The molecule has 0 heterocycles. The minimum Gasteiger partial charge on any atom is -0.444 e. The van der Waals surface area contributed by atoms with E-state index in [0.29, 0.717) is 5.57 Å². The first-order valence-corrected chi connectivity index (χ1v) is 6.62. The second kappa shape index (κ2) is 6.57. The van der Waals surface area contributed by atoms with E-state index in [4.69, 9.17) is 4.74 Å². The first kappa shape index (κ1) is 16.2. The highest BCUT2D eigenvalue weighted by atomic mass is 16.6. The standard InChI is InChI=1S/C16H23NO3/c1-11(12(2)18)14(13-9-7-6-8-10-13)17-15(19)20-16(3,4)5/h6-10,12,14,18H,1H2,2-5H3,(H,17,19). The van der Waals surface area contributed by atoms with E-state index >= 15 is 0 Å². The molecule has 20 heavy (non-hydrogen) atoms. The maximum absolute atomic E-state index is 11.9. The second-order valence-electron chi connectivity index (χ2n) is 5.74. The van der Waals surface area contributed by atoms with E-state index < -0.39 is 23.8 Å². The molecule has 0 aliphatic carbocycles. The van der Waals surface area contributed by atoms with Crippen LogP contribution in [0, 0.1) is 0 Å². The molecule has 0 aliphatic heterocycles. The average Bonchev–Trinajstić information content (AvgIpc) is 2.34. The minimum absolute atomic E-state index is 0.481. The van der Waals surface area contributed by atoms with Gasteiger partial charge in [-0.25, -0.2) is 4.79 Å². The van der Waals surface area contributed by atoms with Gasteiger partial charge in [0.05, 0.1) is 12.1 Å². The molecule has 1 aromatic carbocycles. The van der Waals surface area contributed by atoms with Crippen molar-refractivity contribution >= 4 is 6.09 Å². The number of carbonyl (C=O) groups excluding carboxylic acids is 1. The lowest BCUT2D eigenvalue weighted by molar-refractivity contribution is 0.0506. The molecule has 0 bridgehead atoms. The number of ether oxygens (including phenoxy) is 1. The number of carbonyl (C=O) groups is 1. The highest BCUT2D eigenvalue weighted by Gasteiger charge is 2.23. The van der Waals surface area contributed by atoms with Crippen LogP contribution < -0.4 is 5.32 Å². The van der Waals surface area contributed by atoms with Crippen LogP contribution in [-0.2, 0) is 4.74 Å². The Kier molecular flexibility index (Phi) is 5.34. The zero-order chi connectivity index (χ0) is 15.3. The van der Waals surface area contributed by atoms with Crippen molar-refractivity contribution in [2.75, 3.05) is 0 Å². The first-order valence-electron chi connectivity index (χ1n) is 6.62. The molecule has 0 spiro atoms. The lowest BCUT2D eigenvalue weighted by Crippen LogP contribution is -2.36. The average molecular weight is 277 g/mol. The summed E-state index contributed by atoms with van der Waals surface area (Å²) in [6.07, 6.45) is -1.26. The normalized spacial score (nSPS) is 14.2. The molecule has 0 saturated heterocycles. The SMILES string of the molecule is C=C(C(C)O)C(NC(=O)OC(C)(C)C)c1ccccc1. The fourth-order valence-electron chi connectivity index (χ4n) is 1.70. The third-order valence-corrected chi connectivity index (χ3v) is 2.70. The molecule has 2 atom stereocenters. The maximum atomic E-state index is 11.9. The summed E-state index contributed by atoms with van der Waals surface area (Å²) in [7, 11) is 0. The van der Waals surface area contributed by atoms with Gasteiger partial charge in [0, 0.05) is 0 Å². The summed E-state index contributed by atoms with van der Waals surface area (Å²) in [5, 5.41) is 12.5. The van der Waals surface area contributed by atoms with Gasteiger partial charge in [0.1, 0.15) is 5.60 Å². The van der Waals surface area contributed by atoms with Crippen molar-refractivity contribution in [3.05, 3.63) is 48.0 Å². The zero-order valence-electron chi connectivity index (χ0n) is 12.5. The number of nitrogens with one attached hydrogen (secondary N) is 1. The molecule has 1 amide bonds. The largest absolute Gasteiger partial charge is 0.444 e. The summed E-state index contributed by atoms with van der Waals surface area (Å²) < 4.78 is 5.25. The van der Waals surface area contributed by atoms with Gasteiger partial charge >= 0.3 is 6.09 Å². The summed E-state index contributed by atoms with van der Waals surface area (Å²) >= 11 is 0. The number of amides is 1. The van der Waals surface area contributed by atoms with Crippen LogP contribution in [0.3, 0.4) is 0 Å². The summed E-state index contributed by atoms with van der Waals surface area (Å²) in [4.78, 5) is 11.9. The third kappa shape index (κ3) is 5.05. The monoisotopic (exact) mass is 277 g/mol. The van der Waals surface area contributed by atoms with Gasteiger partial charge in [-0.3, -0.25) is 0 Å². The zero-order valence-corrected chi connectivity index (χ0v) is 12.5. The Bertz CT molecular complexity index is 460. The van der Waals surface area contributed by atoms with E-state index in [1.54, 1.807) is 27.7 Å². The van der Waals surface area contributed by atoms with Crippen LogP contribution in [0.5, 0.6) is 0 Å². The van der Waals surface area contributed by atoms with E-state index in [1.165, 1.54) is 0 Å². The minimum atomic E-state index is -0.727. The fourth-order valence-corrected chi connectivity index (χ4v) is 1.70. The van der Waals surface area contributed by atoms with Gasteiger partial charge < -0.3 is 15.2 Å². The molecular formula is C16H23NO3. The highest BCUT2D eigenvalue weighted by Crippen LogP contribution is 2.23. The number of hydrogen-bond acceptors (Lipinski definition) is 3. The smallest absolute Gasteiger partial charge is 0.408 e. The molecule has 1 rings (SSSR count). The van der Waals surface area contributed by atoms with E-state index in [9.17, 15) is 9.90 Å². The van der Waals surface area contributed by atoms with Crippen molar-refractivity contribution in [2.45, 2.75) is 45.4 Å². The summed E-state index contributed by atoms with van der Waals surface area (Å²) in [6, 6.07) is 8.89. The molecule has 2 N–H and O–H groups in total. The maximum Gasteiger partial charge on any atom is 0.408 e. The van der Waals surface area contributed by atoms with Crippen LogP contribution in [0.2, 0.25) is 0 Å². The topological polar surface area (TPSA) is 58.6 Å². The molecule has 0 saturated carbocycles. The summed E-state index contributed by atoms with van der Waals surface area (Å²) in [5.41, 5.74) is 0.795. The number of hydrogen-bond donors (Lipinski definition) is 2. The number of alkyl carbamates (subject to hydrolysis) is 1. The number of aliphatic hydroxyl groups excluding tert-OH is 1. The van der Waals surface area contributed by atoms with Crippen LogP contribution >= 0.6 is 0 Å². The van der Waals surface area contributed by atoms with Gasteiger partial charge in [0.25, 0.3) is 0 Å². The number of benzene rings is 1. The quantitative estimate of drug-likeness (QED) is 0.831. The van der Waals surface area contributed by atoms with Gasteiger partial charge in [0.15, 0.2) is 0 Å². The summed E-state index contributed by atoms with van der Waals surface area (Å²) in [6.45, 7) is 10.9. The van der Waals surface area contributed by atoms with E-state index in [-0.39, 0.29) is 0 Å². The van der Waals surface area contributed by atoms with E-state index in [1.807, 2.05) is 30.3 Å². The van der Waals surface area contributed by atoms with Crippen LogP contribution in [0.4, 0.5) is 4.79 Å². The Morgan fingerprint density at radius 2 is 1.85 bits per heavy atom. The predicted octanol–water partition coefficient (Wildman–Crippen LogP) is 3.19. The Balaban J connectivity index is 2.90. The van der Waals surface area contributed by atoms with Crippen LogP contribution in [0.25, 0.3) is 0 Å². The van der Waals surface area contributed by atoms with Crippen molar-refractivity contribution in [1.29, 1.82) is 0 Å². The van der Waals surface area contributed by atoms with Crippen molar-refractivity contribution in [2.24, 2.45) is 0 Å². The van der Waals surface area contributed by atoms with E-state index in [2.05, 4.69) is 11.9 Å². The van der Waals surface area contributed by atoms with Gasteiger partial charge in [-0.15, -0.1) is 0 Å². The van der Waals surface area contributed by atoms with Crippen molar-refractivity contribution in [3.8, 4) is 0 Å². The molecule has 0 radical (unpaired) electrons. The van der Waals surface area contributed by atoms with Gasteiger partial charge in [0.2, 0.25) is 0 Å². The number of aliphatic hydroxyl groups is 1. The Morgan fingerprint density at radius 1 is 1.30 bits per heavy atom. The van der Waals surface area contributed by atoms with Crippen molar-refractivity contribution in [1.82, 2.24) is 5.32 Å². The molecule has 4 heteroatoms. The Labute approximate surface area is 120 Å². The molecule has 4 nitrogen and oxygen atoms in total. The van der Waals surface area contributed by atoms with Crippen molar-refractivity contribution < 1.29 is 14.6 Å². The second-order valence-corrected chi connectivity index (χ2v) is 5.74. The molecule has 2 unspecified atom stereocenters. The van der Waals surface area contributed by atoms with Gasteiger partial charge in [-0.1, -0.05) is 36.9 Å². The molecular weight excluding hydrogens is 254 g/mol. The van der Waals surface area contributed by atoms with Crippen LogP contribution in [-0.4, -0.2) is 22.9 Å². The lowest BCUT2D eigenvalue weighted by atomic mass is 9.97. The van der Waals surface area contributed by atoms with Crippen LogP contribution in [0.1, 0.15) is 39.3 Å². The highest BCUT2D eigenvalue weighted by molar-refractivity contribution is 5.69. The lowest BCUT2D eigenvalue weighted by Gasteiger charge is -2.26. The third-order valence-electron chi connectivity index (χ3n) is 2.70. The number of rotatable bonds is 4. The molecule has 110 valence electrons. The Hall–Kier alpha value is -1.81. The van der Waals surface area contributed by atoms with E-state index in [0.717, 1.165) is 5.56 Å². The summed E-state index contributed by atoms with van der Waals surface area (Å²) in [5.74, 6) is 0. The van der Waals surface area contributed by atoms with Gasteiger partial charge in [-0.05, 0) is 38.8 Å². The van der Waals surface area contributed by atoms with Crippen LogP contribution in [0.15, 0.2) is 42.5 Å². The molecule has 0 aliphatic rings. The van der Waals surface area contributed by atoms with Crippen molar-refractivity contribution in [3.63, 3.8) is 0 Å².